The van der Waals surface area contributed by atoms with Crippen molar-refractivity contribution in [2.45, 2.75) is 19.3 Å². The van der Waals surface area contributed by atoms with Crippen molar-refractivity contribution in [3.8, 4) is 11.3 Å². The summed E-state index contributed by atoms with van der Waals surface area (Å²) in [5.41, 5.74) is 0.392. The van der Waals surface area contributed by atoms with Gasteiger partial charge in [-0.15, -0.1) is 0 Å². The molecule has 0 spiro atoms. The van der Waals surface area contributed by atoms with Crippen LogP contribution in [0.3, 0.4) is 0 Å². The van der Waals surface area contributed by atoms with E-state index in [2.05, 4.69) is 15.0 Å². The van der Waals surface area contributed by atoms with E-state index in [0.717, 1.165) is 5.56 Å². The molecule has 92 valence electrons. The number of carbonyl (C=O) groups is 1. The molecule has 0 saturated carbocycles. The Morgan fingerprint density at radius 3 is 2.67 bits per heavy atom. The smallest absolute Gasteiger partial charge is 0.316 e. The Hall–Kier alpha value is -2.30. The number of carboxylic acids is 1. The highest BCUT2D eigenvalue weighted by Gasteiger charge is 2.32. The van der Waals surface area contributed by atoms with E-state index in [-0.39, 0.29) is 5.82 Å². The fraction of sp³-hybridized carbons (Fsp3) is 0.231. The summed E-state index contributed by atoms with van der Waals surface area (Å²) in [6.07, 6.45) is 4.92. The van der Waals surface area contributed by atoms with E-state index < -0.39 is 11.4 Å². The second kappa shape index (κ2) is 4.52. The van der Waals surface area contributed by atoms with E-state index in [0.29, 0.717) is 5.69 Å². The molecule has 2 rings (SSSR count). The highest BCUT2D eigenvalue weighted by Crippen LogP contribution is 2.22. The minimum atomic E-state index is -1.11. The number of hydrogen-bond acceptors (Lipinski definition) is 4. The van der Waals surface area contributed by atoms with Gasteiger partial charge in [-0.05, 0) is 32.0 Å². The number of pyridine rings is 1. The molecule has 0 saturated heterocycles. The summed E-state index contributed by atoms with van der Waals surface area (Å²) < 4.78 is 0. The number of aliphatic carboxylic acids is 1. The molecule has 0 amide bonds. The number of rotatable bonds is 3. The topological polar surface area (TPSA) is 76.0 Å². The average Bonchev–Trinajstić information content (AvgIpc) is 2.40. The Labute approximate surface area is 105 Å². The number of hydrogen-bond donors (Lipinski definition) is 1. The van der Waals surface area contributed by atoms with Gasteiger partial charge >= 0.3 is 5.97 Å². The quantitative estimate of drug-likeness (QED) is 0.891. The van der Waals surface area contributed by atoms with Gasteiger partial charge in [-0.25, -0.2) is 9.97 Å². The van der Waals surface area contributed by atoms with E-state index >= 15 is 0 Å². The molecule has 0 aliphatic heterocycles. The van der Waals surface area contributed by atoms with Crippen LogP contribution in [0, 0.1) is 0 Å². The van der Waals surface area contributed by atoms with Crippen LogP contribution in [0.4, 0.5) is 0 Å². The molecule has 2 heterocycles. The summed E-state index contributed by atoms with van der Waals surface area (Å²) in [5, 5.41) is 9.16. The molecule has 0 fully saturated rings. The maximum atomic E-state index is 11.2. The number of carboxylic acid groups (broad SMARTS) is 1. The number of nitrogens with zero attached hydrogens (tertiary/aromatic N) is 3. The minimum Gasteiger partial charge on any atom is -0.481 e. The van der Waals surface area contributed by atoms with Crippen LogP contribution in [0.2, 0.25) is 0 Å². The largest absolute Gasteiger partial charge is 0.481 e. The van der Waals surface area contributed by atoms with Gasteiger partial charge in [0.15, 0.2) is 0 Å². The third kappa shape index (κ3) is 2.20. The lowest BCUT2D eigenvalue weighted by molar-refractivity contribution is -0.142. The Bertz CT molecular complexity index is 567. The molecule has 0 aliphatic rings. The van der Waals surface area contributed by atoms with Crippen LogP contribution in [-0.2, 0) is 10.2 Å². The molecular weight excluding hydrogens is 230 g/mol. The van der Waals surface area contributed by atoms with Gasteiger partial charge < -0.3 is 5.11 Å². The summed E-state index contributed by atoms with van der Waals surface area (Å²) in [6, 6.07) is 5.41. The molecule has 5 nitrogen and oxygen atoms in total. The highest BCUT2D eigenvalue weighted by atomic mass is 16.4. The normalized spacial score (nSPS) is 11.2. The van der Waals surface area contributed by atoms with Gasteiger partial charge in [0.05, 0.1) is 5.69 Å². The molecule has 2 aromatic heterocycles. The Morgan fingerprint density at radius 1 is 1.28 bits per heavy atom. The van der Waals surface area contributed by atoms with Crippen molar-refractivity contribution in [1.29, 1.82) is 0 Å². The van der Waals surface area contributed by atoms with E-state index in [1.807, 2.05) is 6.07 Å². The van der Waals surface area contributed by atoms with Gasteiger partial charge in [0.2, 0.25) is 0 Å². The van der Waals surface area contributed by atoms with Gasteiger partial charge in [-0.1, -0.05) is 0 Å². The zero-order chi connectivity index (χ0) is 13.2. The van der Waals surface area contributed by atoms with Gasteiger partial charge in [0.1, 0.15) is 11.2 Å². The zero-order valence-corrected chi connectivity index (χ0v) is 10.2. The van der Waals surface area contributed by atoms with Crippen LogP contribution < -0.4 is 0 Å². The average molecular weight is 243 g/mol. The highest BCUT2D eigenvalue weighted by molar-refractivity contribution is 5.79. The fourth-order valence-corrected chi connectivity index (χ4v) is 1.43. The van der Waals surface area contributed by atoms with Crippen molar-refractivity contribution in [2.24, 2.45) is 0 Å². The van der Waals surface area contributed by atoms with Crippen LogP contribution in [0.25, 0.3) is 11.3 Å². The van der Waals surface area contributed by atoms with Crippen molar-refractivity contribution >= 4 is 5.97 Å². The van der Waals surface area contributed by atoms with Crippen molar-refractivity contribution in [3.05, 3.63) is 42.6 Å². The predicted molar refractivity (Wildman–Crippen MR) is 65.9 cm³/mol. The first-order valence-corrected chi connectivity index (χ1v) is 5.49. The lowest BCUT2D eigenvalue weighted by Gasteiger charge is -2.17. The van der Waals surface area contributed by atoms with Gasteiger partial charge in [0.25, 0.3) is 0 Å². The van der Waals surface area contributed by atoms with Crippen molar-refractivity contribution in [1.82, 2.24) is 15.0 Å². The minimum absolute atomic E-state index is 0.288. The SMILES string of the molecule is CC(C)(C(=O)O)c1nccc(-c2cccnc2)n1. The third-order valence-corrected chi connectivity index (χ3v) is 2.71. The monoisotopic (exact) mass is 243 g/mol. The second-order valence-electron chi connectivity index (χ2n) is 4.44. The molecule has 2 aromatic rings. The van der Waals surface area contributed by atoms with Gasteiger partial charge in [-0.2, -0.15) is 0 Å². The summed E-state index contributed by atoms with van der Waals surface area (Å²) in [6.45, 7) is 3.16. The number of aromatic nitrogens is 3. The van der Waals surface area contributed by atoms with E-state index in [1.165, 1.54) is 0 Å². The van der Waals surface area contributed by atoms with Crippen molar-refractivity contribution in [3.63, 3.8) is 0 Å². The first-order chi connectivity index (χ1) is 8.51. The third-order valence-electron chi connectivity index (χ3n) is 2.71. The van der Waals surface area contributed by atoms with E-state index in [9.17, 15) is 4.79 Å². The molecule has 0 atom stereocenters. The molecule has 18 heavy (non-hydrogen) atoms. The predicted octanol–water partition coefficient (Wildman–Crippen LogP) is 1.90. The Balaban J connectivity index is 2.46. The van der Waals surface area contributed by atoms with Crippen LogP contribution in [0.1, 0.15) is 19.7 Å². The van der Waals surface area contributed by atoms with Gasteiger partial charge in [0, 0.05) is 24.2 Å². The summed E-state index contributed by atoms with van der Waals surface area (Å²) in [7, 11) is 0. The molecule has 0 aromatic carbocycles. The van der Waals surface area contributed by atoms with Crippen LogP contribution in [0.5, 0.6) is 0 Å². The summed E-state index contributed by atoms with van der Waals surface area (Å²) in [4.78, 5) is 23.5. The molecule has 0 unspecified atom stereocenters. The molecular formula is C13H13N3O2. The first-order valence-electron chi connectivity index (χ1n) is 5.49. The lowest BCUT2D eigenvalue weighted by atomic mass is 9.92. The van der Waals surface area contributed by atoms with E-state index in [1.54, 1.807) is 44.6 Å². The maximum Gasteiger partial charge on any atom is 0.316 e. The zero-order valence-electron chi connectivity index (χ0n) is 10.2. The van der Waals surface area contributed by atoms with Crippen LogP contribution >= 0.6 is 0 Å². The molecule has 5 heteroatoms. The molecule has 1 N–H and O–H groups in total. The summed E-state index contributed by atoms with van der Waals surface area (Å²) >= 11 is 0. The van der Waals surface area contributed by atoms with Gasteiger partial charge in [-0.3, -0.25) is 9.78 Å². The van der Waals surface area contributed by atoms with Crippen LogP contribution in [-0.4, -0.2) is 26.0 Å². The standard InChI is InChI=1S/C13H13N3O2/c1-13(2,12(17)18)11-15-7-5-10(16-11)9-4-3-6-14-8-9/h3-8H,1-2H3,(H,17,18). The fourth-order valence-electron chi connectivity index (χ4n) is 1.43. The molecule has 0 radical (unpaired) electrons. The molecule has 0 bridgehead atoms. The first kappa shape index (κ1) is 12.2. The second-order valence-corrected chi connectivity index (χ2v) is 4.44. The van der Waals surface area contributed by atoms with Crippen molar-refractivity contribution in [2.75, 3.05) is 0 Å². The Kier molecular flexibility index (Phi) is 3.06. The summed E-state index contributed by atoms with van der Waals surface area (Å²) in [5.74, 6) is -0.665. The maximum absolute atomic E-state index is 11.2. The van der Waals surface area contributed by atoms with Crippen LogP contribution in [0.15, 0.2) is 36.8 Å². The van der Waals surface area contributed by atoms with Crippen molar-refractivity contribution < 1.29 is 9.90 Å². The molecule has 0 aliphatic carbocycles. The Morgan fingerprint density at radius 2 is 2.06 bits per heavy atom. The van der Waals surface area contributed by atoms with E-state index in [4.69, 9.17) is 5.11 Å². The lowest BCUT2D eigenvalue weighted by Crippen LogP contribution is -2.30.